The van der Waals surface area contributed by atoms with Crippen LogP contribution in [0.25, 0.3) is 10.8 Å². The number of pyridine rings is 1. The molecule has 21 heavy (non-hydrogen) atoms. The fraction of sp³-hybridized carbons (Fsp3) is 0.133. The minimum absolute atomic E-state index is 0.135. The van der Waals surface area contributed by atoms with Gasteiger partial charge in [0.2, 0.25) is 5.91 Å². The average molecular weight is 299 g/mol. The van der Waals surface area contributed by atoms with Gasteiger partial charge in [0.05, 0.1) is 18.4 Å². The highest BCUT2D eigenvalue weighted by Gasteiger charge is 2.11. The zero-order chi connectivity index (χ0) is 14.7. The van der Waals surface area contributed by atoms with Crippen molar-refractivity contribution in [2.75, 3.05) is 5.32 Å². The molecule has 106 valence electrons. The van der Waals surface area contributed by atoms with E-state index in [2.05, 4.69) is 15.3 Å². The Kier molecular flexibility index (Phi) is 3.79. The third kappa shape index (κ3) is 3.35. The van der Waals surface area contributed by atoms with Gasteiger partial charge in [-0.3, -0.25) is 4.79 Å². The van der Waals surface area contributed by atoms with E-state index in [0.717, 1.165) is 16.4 Å². The number of furan rings is 1. The van der Waals surface area contributed by atoms with Crippen molar-refractivity contribution in [2.45, 2.75) is 13.3 Å². The number of hydrogen-bond donors (Lipinski definition) is 1. The van der Waals surface area contributed by atoms with Crippen LogP contribution in [0.15, 0.2) is 46.4 Å². The second-order valence-corrected chi connectivity index (χ2v) is 5.37. The molecule has 0 fully saturated rings. The second kappa shape index (κ2) is 5.88. The van der Waals surface area contributed by atoms with Gasteiger partial charge in [0, 0.05) is 11.1 Å². The van der Waals surface area contributed by atoms with Crippen LogP contribution in [0.4, 0.5) is 5.82 Å². The molecule has 5 nitrogen and oxygen atoms in total. The highest BCUT2D eigenvalue weighted by atomic mass is 32.1. The zero-order valence-electron chi connectivity index (χ0n) is 11.4. The van der Waals surface area contributed by atoms with Crippen LogP contribution in [-0.4, -0.2) is 15.9 Å². The first-order valence-corrected chi connectivity index (χ1v) is 7.30. The van der Waals surface area contributed by atoms with Crippen LogP contribution in [0, 0.1) is 6.92 Å². The monoisotopic (exact) mass is 299 g/mol. The molecule has 0 atom stereocenters. The zero-order valence-corrected chi connectivity index (χ0v) is 12.2. The summed E-state index contributed by atoms with van der Waals surface area (Å²) in [6, 6.07) is 9.16. The Balaban J connectivity index is 1.65. The first kappa shape index (κ1) is 13.5. The number of aryl methyl sites for hydroxylation is 1. The molecule has 6 heteroatoms. The number of amides is 1. The van der Waals surface area contributed by atoms with Crippen molar-refractivity contribution < 1.29 is 9.21 Å². The maximum atomic E-state index is 12.0. The van der Waals surface area contributed by atoms with Crippen molar-refractivity contribution in [3.63, 3.8) is 0 Å². The normalized spacial score (nSPS) is 10.5. The number of rotatable bonds is 4. The first-order valence-electron chi connectivity index (χ1n) is 6.42. The average Bonchev–Trinajstić information content (AvgIpc) is 3.08. The minimum atomic E-state index is -0.135. The Morgan fingerprint density at radius 3 is 2.95 bits per heavy atom. The van der Waals surface area contributed by atoms with Gasteiger partial charge >= 0.3 is 0 Å². The van der Waals surface area contributed by atoms with Crippen molar-refractivity contribution >= 4 is 23.1 Å². The molecule has 3 aromatic rings. The number of nitrogens with zero attached hydrogens (tertiary/aromatic N) is 2. The van der Waals surface area contributed by atoms with Crippen molar-refractivity contribution in [1.29, 1.82) is 0 Å². The van der Waals surface area contributed by atoms with Crippen LogP contribution < -0.4 is 5.32 Å². The SMILES string of the molecule is Cc1cccc(NC(=O)Cc2csc(-c3ccco3)n2)n1. The molecule has 0 spiro atoms. The van der Waals surface area contributed by atoms with E-state index < -0.39 is 0 Å². The summed E-state index contributed by atoms with van der Waals surface area (Å²) >= 11 is 1.46. The molecule has 3 rings (SSSR count). The van der Waals surface area contributed by atoms with Gasteiger partial charge in [-0.25, -0.2) is 9.97 Å². The highest BCUT2D eigenvalue weighted by molar-refractivity contribution is 7.13. The summed E-state index contributed by atoms with van der Waals surface area (Å²) < 4.78 is 5.28. The van der Waals surface area contributed by atoms with Crippen LogP contribution in [-0.2, 0) is 11.2 Å². The highest BCUT2D eigenvalue weighted by Crippen LogP contribution is 2.24. The summed E-state index contributed by atoms with van der Waals surface area (Å²) in [6.07, 6.45) is 1.82. The smallest absolute Gasteiger partial charge is 0.231 e. The van der Waals surface area contributed by atoms with E-state index >= 15 is 0 Å². The Hall–Kier alpha value is -2.47. The maximum Gasteiger partial charge on any atom is 0.231 e. The molecule has 0 aliphatic rings. The van der Waals surface area contributed by atoms with Crippen LogP contribution >= 0.6 is 11.3 Å². The maximum absolute atomic E-state index is 12.0. The molecule has 0 aromatic carbocycles. The molecule has 0 saturated carbocycles. The molecule has 3 aromatic heterocycles. The Morgan fingerprint density at radius 2 is 2.19 bits per heavy atom. The lowest BCUT2D eigenvalue weighted by Gasteiger charge is -2.03. The molecule has 1 N–H and O–H groups in total. The minimum Gasteiger partial charge on any atom is -0.462 e. The fourth-order valence-electron chi connectivity index (χ4n) is 1.87. The molecule has 0 radical (unpaired) electrons. The summed E-state index contributed by atoms with van der Waals surface area (Å²) in [6.45, 7) is 1.88. The lowest BCUT2D eigenvalue weighted by Crippen LogP contribution is -2.15. The number of anilines is 1. The van der Waals surface area contributed by atoms with Gasteiger partial charge in [-0.2, -0.15) is 0 Å². The molecule has 0 unspecified atom stereocenters. The Labute approximate surface area is 125 Å². The topological polar surface area (TPSA) is 68.0 Å². The predicted molar refractivity (Wildman–Crippen MR) is 81.1 cm³/mol. The predicted octanol–water partition coefficient (Wildman–Crippen LogP) is 3.29. The standard InChI is InChI=1S/C15H13N3O2S/c1-10-4-2-6-13(16-10)18-14(19)8-11-9-21-15(17-11)12-5-3-7-20-12/h2-7,9H,8H2,1H3,(H,16,18,19). The molecule has 0 saturated heterocycles. The molecule has 0 bridgehead atoms. The second-order valence-electron chi connectivity index (χ2n) is 4.51. The van der Waals surface area contributed by atoms with Crippen molar-refractivity contribution in [1.82, 2.24) is 9.97 Å². The van der Waals surface area contributed by atoms with Crippen LogP contribution in [0.5, 0.6) is 0 Å². The summed E-state index contributed by atoms with van der Waals surface area (Å²) in [7, 11) is 0. The summed E-state index contributed by atoms with van der Waals surface area (Å²) in [5, 5.41) is 5.40. The van der Waals surface area contributed by atoms with Crippen LogP contribution in [0.3, 0.4) is 0 Å². The molecular weight excluding hydrogens is 286 g/mol. The molecule has 0 aliphatic heterocycles. The lowest BCUT2D eigenvalue weighted by molar-refractivity contribution is -0.115. The Morgan fingerprint density at radius 1 is 1.29 bits per heavy atom. The molecule has 3 heterocycles. The van der Waals surface area contributed by atoms with E-state index in [4.69, 9.17) is 4.42 Å². The van der Waals surface area contributed by atoms with Gasteiger partial charge in [0.1, 0.15) is 5.82 Å². The van der Waals surface area contributed by atoms with Crippen molar-refractivity contribution in [3.8, 4) is 10.8 Å². The fourth-order valence-corrected chi connectivity index (χ4v) is 2.65. The van der Waals surface area contributed by atoms with Crippen molar-refractivity contribution in [2.24, 2.45) is 0 Å². The quantitative estimate of drug-likeness (QED) is 0.802. The number of thiazole rings is 1. The van der Waals surface area contributed by atoms with E-state index in [1.807, 2.05) is 36.6 Å². The first-order chi connectivity index (χ1) is 10.2. The number of nitrogens with one attached hydrogen (secondary N) is 1. The van der Waals surface area contributed by atoms with Gasteiger partial charge in [-0.05, 0) is 31.2 Å². The van der Waals surface area contributed by atoms with Gasteiger partial charge in [-0.1, -0.05) is 6.07 Å². The van der Waals surface area contributed by atoms with Crippen molar-refractivity contribution in [3.05, 3.63) is 53.4 Å². The van der Waals surface area contributed by atoms with E-state index in [1.54, 1.807) is 12.3 Å². The summed E-state index contributed by atoms with van der Waals surface area (Å²) in [5.74, 6) is 1.14. The number of aromatic nitrogens is 2. The largest absolute Gasteiger partial charge is 0.462 e. The number of carbonyl (C=O) groups is 1. The van der Waals surface area contributed by atoms with E-state index in [-0.39, 0.29) is 12.3 Å². The number of carbonyl (C=O) groups excluding carboxylic acids is 1. The van der Waals surface area contributed by atoms with Gasteiger partial charge < -0.3 is 9.73 Å². The Bertz CT molecular complexity index is 750. The van der Waals surface area contributed by atoms with Gasteiger partial charge in [0.25, 0.3) is 0 Å². The van der Waals surface area contributed by atoms with E-state index in [9.17, 15) is 4.79 Å². The third-order valence-electron chi connectivity index (χ3n) is 2.78. The summed E-state index contributed by atoms with van der Waals surface area (Å²) in [4.78, 5) is 20.6. The molecular formula is C15H13N3O2S. The van der Waals surface area contributed by atoms with Gasteiger partial charge in [0.15, 0.2) is 10.8 Å². The summed E-state index contributed by atoms with van der Waals surface area (Å²) in [5.41, 5.74) is 1.58. The van der Waals surface area contributed by atoms with Crippen LogP contribution in [0.2, 0.25) is 0 Å². The molecule has 0 aliphatic carbocycles. The lowest BCUT2D eigenvalue weighted by atomic mass is 10.3. The molecule has 1 amide bonds. The van der Waals surface area contributed by atoms with E-state index in [1.165, 1.54) is 11.3 Å². The number of hydrogen-bond acceptors (Lipinski definition) is 5. The van der Waals surface area contributed by atoms with E-state index in [0.29, 0.717) is 11.6 Å². The third-order valence-corrected chi connectivity index (χ3v) is 3.69. The van der Waals surface area contributed by atoms with Gasteiger partial charge in [-0.15, -0.1) is 11.3 Å². The van der Waals surface area contributed by atoms with Crippen LogP contribution in [0.1, 0.15) is 11.4 Å².